The number of likely N-dealkylation sites (tertiary alicyclic amines) is 1. The number of carbonyl (C=O) groups is 2. The summed E-state index contributed by atoms with van der Waals surface area (Å²) in [5.74, 6) is 1.70. The minimum Gasteiger partial charge on any atom is -0.444 e. The van der Waals surface area contributed by atoms with Crippen LogP contribution in [0.3, 0.4) is 0 Å². The lowest BCUT2D eigenvalue weighted by molar-refractivity contribution is -0.123. The van der Waals surface area contributed by atoms with Gasteiger partial charge in [0.25, 0.3) is 0 Å². The van der Waals surface area contributed by atoms with E-state index >= 15 is 0 Å². The average Bonchev–Trinajstić information content (AvgIpc) is 3.29. The van der Waals surface area contributed by atoms with Crippen LogP contribution in [-0.4, -0.2) is 63.1 Å². The summed E-state index contributed by atoms with van der Waals surface area (Å²) < 4.78 is 12.2. The fourth-order valence-corrected chi connectivity index (χ4v) is 6.10. The van der Waals surface area contributed by atoms with Gasteiger partial charge >= 0.3 is 6.09 Å². The summed E-state index contributed by atoms with van der Waals surface area (Å²) in [6.45, 7) is 13.5. The first-order chi connectivity index (χ1) is 21.9. The van der Waals surface area contributed by atoms with Gasteiger partial charge in [0.05, 0.1) is 16.9 Å². The van der Waals surface area contributed by atoms with Crippen LogP contribution in [0, 0.1) is 12.3 Å². The highest BCUT2D eigenvalue weighted by Gasteiger charge is 2.39. The minimum absolute atomic E-state index is 0.0123. The number of aryl methyl sites for hydroxylation is 1. The number of fused-ring (bicyclic) bond motifs is 1. The van der Waals surface area contributed by atoms with Crippen LogP contribution in [0.25, 0.3) is 22.0 Å². The molecule has 10 heteroatoms. The third kappa shape index (κ3) is 6.47. The molecule has 46 heavy (non-hydrogen) atoms. The van der Waals surface area contributed by atoms with Crippen LogP contribution in [0.4, 0.5) is 16.4 Å². The summed E-state index contributed by atoms with van der Waals surface area (Å²) in [4.78, 5) is 43.4. The maximum absolute atomic E-state index is 13.2. The highest BCUT2D eigenvalue weighted by Crippen LogP contribution is 2.42. The maximum atomic E-state index is 13.2. The van der Waals surface area contributed by atoms with E-state index in [1.54, 1.807) is 17.3 Å². The molecule has 2 fully saturated rings. The molecule has 0 radical (unpaired) electrons. The molecule has 1 unspecified atom stereocenters. The van der Waals surface area contributed by atoms with Crippen molar-refractivity contribution in [1.82, 2.24) is 19.9 Å². The number of aromatic nitrogens is 3. The number of hydrogen-bond donors (Lipinski definition) is 1. The molecule has 2 aliphatic rings. The van der Waals surface area contributed by atoms with Crippen LogP contribution < -0.4 is 15.0 Å². The van der Waals surface area contributed by atoms with Gasteiger partial charge in [-0.1, -0.05) is 38.1 Å². The van der Waals surface area contributed by atoms with Crippen molar-refractivity contribution in [2.45, 2.75) is 72.4 Å². The molecule has 0 saturated carbocycles. The number of benzene rings is 2. The second kappa shape index (κ2) is 12.2. The molecule has 6 rings (SSSR count). The van der Waals surface area contributed by atoms with Crippen LogP contribution in [0.5, 0.6) is 11.6 Å². The average molecular weight is 623 g/mol. The number of hydrogen-bond acceptors (Lipinski definition) is 8. The SMILES string of the molecule is Cc1ccc2c(N3CCC(C)(C)C3=O)cccc2c1Oc1ncccc1-c1ccnc(NC2CCCN(C(=O)OC(C)(C)C)C2)n1. The molecule has 0 bridgehead atoms. The lowest BCUT2D eigenvalue weighted by Crippen LogP contribution is -2.47. The molecule has 2 aromatic carbocycles. The molecule has 2 saturated heterocycles. The molecule has 1 atom stereocenters. The molecule has 2 amide bonds. The zero-order chi connectivity index (χ0) is 32.6. The van der Waals surface area contributed by atoms with Gasteiger partial charge in [-0.25, -0.2) is 19.7 Å². The molecule has 240 valence electrons. The number of nitrogens with one attached hydrogen (secondary N) is 1. The van der Waals surface area contributed by atoms with Gasteiger partial charge in [-0.15, -0.1) is 0 Å². The number of carbonyl (C=O) groups excluding carboxylic acids is 2. The quantitative estimate of drug-likeness (QED) is 0.237. The van der Waals surface area contributed by atoms with E-state index in [9.17, 15) is 9.59 Å². The molecule has 4 heterocycles. The highest BCUT2D eigenvalue weighted by atomic mass is 16.6. The van der Waals surface area contributed by atoms with Crippen molar-refractivity contribution in [3.8, 4) is 22.9 Å². The zero-order valence-corrected chi connectivity index (χ0v) is 27.5. The Morgan fingerprint density at radius 1 is 1.00 bits per heavy atom. The summed E-state index contributed by atoms with van der Waals surface area (Å²) in [5, 5.41) is 5.28. The Hall–Kier alpha value is -4.73. The summed E-state index contributed by atoms with van der Waals surface area (Å²) in [6.07, 6.45) is 5.65. The summed E-state index contributed by atoms with van der Waals surface area (Å²) in [5.41, 5.74) is 2.29. The molecule has 2 aromatic heterocycles. The van der Waals surface area contributed by atoms with Crippen LogP contribution >= 0.6 is 0 Å². The van der Waals surface area contributed by atoms with E-state index in [-0.39, 0.29) is 23.5 Å². The second-order valence-corrected chi connectivity index (χ2v) is 13.8. The largest absolute Gasteiger partial charge is 0.444 e. The van der Waals surface area contributed by atoms with Gasteiger partial charge in [0, 0.05) is 54.3 Å². The fourth-order valence-electron chi connectivity index (χ4n) is 6.10. The van der Waals surface area contributed by atoms with E-state index in [1.807, 2.05) is 88.9 Å². The van der Waals surface area contributed by atoms with Crippen molar-refractivity contribution in [3.05, 3.63) is 66.5 Å². The Balaban J connectivity index is 1.26. The van der Waals surface area contributed by atoms with Gasteiger partial charge < -0.3 is 24.6 Å². The molecule has 1 N–H and O–H groups in total. The molecule has 2 aliphatic heterocycles. The van der Waals surface area contributed by atoms with Gasteiger partial charge in [-0.2, -0.15) is 0 Å². The van der Waals surface area contributed by atoms with Crippen molar-refractivity contribution in [1.29, 1.82) is 0 Å². The van der Waals surface area contributed by atoms with Crippen LogP contribution in [0.1, 0.15) is 59.4 Å². The fraction of sp³-hybridized carbons (Fsp3) is 0.417. The van der Waals surface area contributed by atoms with Crippen molar-refractivity contribution in [3.63, 3.8) is 0 Å². The molecular formula is C36H42N6O4. The second-order valence-electron chi connectivity index (χ2n) is 13.8. The van der Waals surface area contributed by atoms with Crippen LogP contribution in [0.15, 0.2) is 60.9 Å². The Bertz CT molecular complexity index is 1780. The number of piperidine rings is 1. The lowest BCUT2D eigenvalue weighted by Gasteiger charge is -2.34. The predicted octanol–water partition coefficient (Wildman–Crippen LogP) is 7.37. The first-order valence-electron chi connectivity index (χ1n) is 15.9. The smallest absolute Gasteiger partial charge is 0.410 e. The lowest BCUT2D eigenvalue weighted by atomic mass is 9.92. The number of amides is 2. The Morgan fingerprint density at radius 2 is 1.83 bits per heavy atom. The first-order valence-corrected chi connectivity index (χ1v) is 15.9. The maximum Gasteiger partial charge on any atom is 0.410 e. The van der Waals surface area contributed by atoms with Crippen LogP contribution in [0.2, 0.25) is 0 Å². The van der Waals surface area contributed by atoms with E-state index < -0.39 is 5.60 Å². The van der Waals surface area contributed by atoms with Gasteiger partial charge in [-0.05, 0) is 76.8 Å². The first kappa shape index (κ1) is 31.3. The summed E-state index contributed by atoms with van der Waals surface area (Å²) in [6, 6.07) is 15.7. The number of rotatable bonds is 6. The number of pyridine rings is 1. The van der Waals surface area contributed by atoms with E-state index in [2.05, 4.69) is 21.4 Å². The van der Waals surface area contributed by atoms with Gasteiger partial charge in [0.15, 0.2) is 0 Å². The van der Waals surface area contributed by atoms with Crippen LogP contribution in [-0.2, 0) is 9.53 Å². The topological polar surface area (TPSA) is 110 Å². The minimum atomic E-state index is -0.546. The van der Waals surface area contributed by atoms with Crippen molar-refractivity contribution >= 4 is 34.4 Å². The molecule has 10 nitrogen and oxygen atoms in total. The molecule has 0 spiro atoms. The monoisotopic (exact) mass is 622 g/mol. The van der Waals surface area contributed by atoms with E-state index in [0.717, 1.165) is 46.8 Å². The standard InChI is InChI=1S/C36H42N6O4/c1-23-14-15-25-26(11-7-13-29(25)42-21-17-36(5,6)32(42)43)30(23)45-31-27(12-8-18-37-31)28-16-19-38-33(40-28)39-24-10-9-20-41(22-24)34(44)46-35(2,3)4/h7-8,11-16,18-19,24H,9-10,17,20-22H2,1-6H3,(H,38,39,40). The summed E-state index contributed by atoms with van der Waals surface area (Å²) in [7, 11) is 0. The predicted molar refractivity (Wildman–Crippen MR) is 179 cm³/mol. The van der Waals surface area contributed by atoms with Crippen molar-refractivity contribution in [2.75, 3.05) is 29.9 Å². The van der Waals surface area contributed by atoms with E-state index in [0.29, 0.717) is 42.9 Å². The molecule has 0 aliphatic carbocycles. The third-order valence-corrected chi connectivity index (χ3v) is 8.57. The van der Waals surface area contributed by atoms with Gasteiger partial charge in [0.2, 0.25) is 17.7 Å². The van der Waals surface area contributed by atoms with Gasteiger partial charge in [-0.3, -0.25) is 4.79 Å². The summed E-state index contributed by atoms with van der Waals surface area (Å²) >= 11 is 0. The van der Waals surface area contributed by atoms with Crippen molar-refractivity contribution in [2.24, 2.45) is 5.41 Å². The number of nitrogens with zero attached hydrogens (tertiary/aromatic N) is 5. The Labute approximate surface area is 270 Å². The Kier molecular flexibility index (Phi) is 8.31. The normalized spacial score (nSPS) is 18.1. The number of anilines is 2. The highest BCUT2D eigenvalue weighted by molar-refractivity contribution is 6.08. The molecular weight excluding hydrogens is 580 g/mol. The van der Waals surface area contributed by atoms with Gasteiger partial charge in [0.1, 0.15) is 11.4 Å². The zero-order valence-electron chi connectivity index (χ0n) is 27.5. The van der Waals surface area contributed by atoms with E-state index in [1.165, 1.54) is 0 Å². The number of ether oxygens (including phenoxy) is 2. The van der Waals surface area contributed by atoms with E-state index in [4.69, 9.17) is 14.5 Å². The Morgan fingerprint density at radius 3 is 2.59 bits per heavy atom. The van der Waals surface area contributed by atoms with Crippen molar-refractivity contribution < 1.29 is 19.1 Å². The molecule has 4 aromatic rings. The third-order valence-electron chi connectivity index (χ3n) is 8.57.